The summed E-state index contributed by atoms with van der Waals surface area (Å²) in [6.07, 6.45) is 1.77. The molecule has 1 N–H and O–H groups in total. The molecule has 0 aliphatic rings. The SMILES string of the molecule is C=C(NCC(C)C)C(CC)CC(C)=C=O. The Morgan fingerprint density at radius 3 is 2.47 bits per heavy atom. The smallest absolute Gasteiger partial charge is 0.123 e. The zero-order valence-electron chi connectivity index (χ0n) is 10.4. The van der Waals surface area contributed by atoms with E-state index in [2.05, 4.69) is 32.7 Å². The summed E-state index contributed by atoms with van der Waals surface area (Å²) in [5.74, 6) is 2.91. The summed E-state index contributed by atoms with van der Waals surface area (Å²) in [4.78, 5) is 10.4. The Kier molecular flexibility index (Phi) is 6.81. The number of hydrogen-bond acceptors (Lipinski definition) is 2. The Hall–Kier alpha value is -1.01. The summed E-state index contributed by atoms with van der Waals surface area (Å²) in [6.45, 7) is 13.2. The average Bonchev–Trinajstić information content (AvgIpc) is 2.21. The van der Waals surface area contributed by atoms with Gasteiger partial charge in [-0.1, -0.05) is 27.4 Å². The Labute approximate surface area is 93.5 Å². The minimum absolute atomic E-state index is 0.352. The minimum atomic E-state index is 0.352. The second kappa shape index (κ2) is 7.30. The van der Waals surface area contributed by atoms with Crippen LogP contribution in [0, 0.1) is 11.8 Å². The zero-order chi connectivity index (χ0) is 11.8. The van der Waals surface area contributed by atoms with Crippen molar-refractivity contribution >= 4 is 5.94 Å². The molecule has 0 spiro atoms. The fourth-order valence-corrected chi connectivity index (χ4v) is 1.40. The van der Waals surface area contributed by atoms with Crippen LogP contribution in [0.25, 0.3) is 0 Å². The standard InChI is InChI=1S/C13H23NO/c1-6-13(7-11(4)9-15)12(5)14-8-10(2)3/h10,13-14H,5-8H2,1-4H3. The molecule has 0 rings (SSSR count). The van der Waals surface area contributed by atoms with E-state index in [1.165, 1.54) is 0 Å². The van der Waals surface area contributed by atoms with Gasteiger partial charge in [-0.2, -0.15) is 0 Å². The highest BCUT2D eigenvalue weighted by molar-refractivity contribution is 5.51. The van der Waals surface area contributed by atoms with Crippen molar-refractivity contribution in [2.75, 3.05) is 6.54 Å². The van der Waals surface area contributed by atoms with E-state index in [0.29, 0.717) is 11.8 Å². The summed E-state index contributed by atoms with van der Waals surface area (Å²) in [5.41, 5.74) is 1.81. The zero-order valence-corrected chi connectivity index (χ0v) is 10.4. The Morgan fingerprint density at radius 2 is 2.07 bits per heavy atom. The van der Waals surface area contributed by atoms with Crippen molar-refractivity contribution in [2.45, 2.75) is 40.5 Å². The maximum absolute atomic E-state index is 10.4. The monoisotopic (exact) mass is 209 g/mol. The van der Waals surface area contributed by atoms with Gasteiger partial charge in [0.2, 0.25) is 0 Å². The van der Waals surface area contributed by atoms with Gasteiger partial charge < -0.3 is 5.32 Å². The van der Waals surface area contributed by atoms with E-state index in [-0.39, 0.29) is 0 Å². The molecule has 2 nitrogen and oxygen atoms in total. The lowest BCUT2D eigenvalue weighted by molar-refractivity contribution is 0.505. The maximum atomic E-state index is 10.4. The molecule has 1 atom stereocenters. The molecule has 0 fully saturated rings. The Bertz CT molecular complexity index is 249. The lowest BCUT2D eigenvalue weighted by atomic mass is 9.95. The summed E-state index contributed by atoms with van der Waals surface area (Å²) < 4.78 is 0. The highest BCUT2D eigenvalue weighted by Crippen LogP contribution is 2.19. The topological polar surface area (TPSA) is 29.1 Å². The average molecular weight is 209 g/mol. The summed E-state index contributed by atoms with van der Waals surface area (Å²) in [6, 6.07) is 0. The van der Waals surface area contributed by atoms with Crippen LogP contribution >= 0.6 is 0 Å². The van der Waals surface area contributed by atoms with Crippen molar-refractivity contribution in [1.29, 1.82) is 0 Å². The normalized spacial score (nSPS) is 12.1. The largest absolute Gasteiger partial charge is 0.388 e. The second-order valence-corrected chi connectivity index (χ2v) is 4.49. The van der Waals surface area contributed by atoms with E-state index in [4.69, 9.17) is 0 Å². The summed E-state index contributed by atoms with van der Waals surface area (Å²) in [5, 5.41) is 3.32. The molecule has 2 heteroatoms. The van der Waals surface area contributed by atoms with Gasteiger partial charge >= 0.3 is 0 Å². The van der Waals surface area contributed by atoms with E-state index < -0.39 is 0 Å². The van der Waals surface area contributed by atoms with Gasteiger partial charge in [0.15, 0.2) is 0 Å². The van der Waals surface area contributed by atoms with Gasteiger partial charge in [-0.3, -0.25) is 0 Å². The molecule has 15 heavy (non-hydrogen) atoms. The fourth-order valence-electron chi connectivity index (χ4n) is 1.40. The highest BCUT2D eigenvalue weighted by Gasteiger charge is 2.11. The van der Waals surface area contributed by atoms with Crippen LogP contribution < -0.4 is 5.32 Å². The predicted molar refractivity (Wildman–Crippen MR) is 65.3 cm³/mol. The van der Waals surface area contributed by atoms with Crippen LogP contribution in [0.5, 0.6) is 0 Å². The van der Waals surface area contributed by atoms with Crippen molar-refractivity contribution in [1.82, 2.24) is 5.32 Å². The molecule has 86 valence electrons. The van der Waals surface area contributed by atoms with Gasteiger partial charge in [0, 0.05) is 23.7 Å². The van der Waals surface area contributed by atoms with Crippen LogP contribution in [-0.4, -0.2) is 12.5 Å². The molecule has 0 bridgehead atoms. The number of allylic oxidation sites excluding steroid dienone is 2. The van der Waals surface area contributed by atoms with Gasteiger partial charge in [0.25, 0.3) is 0 Å². The predicted octanol–water partition coefficient (Wildman–Crippen LogP) is 2.94. The first kappa shape index (κ1) is 14.0. The molecule has 0 aromatic rings. The third-order valence-corrected chi connectivity index (χ3v) is 2.45. The second-order valence-electron chi connectivity index (χ2n) is 4.49. The molecule has 1 unspecified atom stereocenters. The molecule has 0 saturated carbocycles. The molecular formula is C13H23NO. The molecule has 0 aliphatic heterocycles. The number of rotatable bonds is 7. The van der Waals surface area contributed by atoms with E-state index in [1.54, 1.807) is 0 Å². The van der Waals surface area contributed by atoms with E-state index >= 15 is 0 Å². The lowest BCUT2D eigenvalue weighted by Gasteiger charge is -2.20. The Balaban J connectivity index is 4.16. The van der Waals surface area contributed by atoms with Crippen molar-refractivity contribution in [3.8, 4) is 0 Å². The number of carbonyl (C=O) groups excluding carboxylic acids is 1. The fraction of sp³-hybridized carbons (Fsp3) is 0.692. The molecule has 0 radical (unpaired) electrons. The maximum Gasteiger partial charge on any atom is 0.123 e. The van der Waals surface area contributed by atoms with Crippen LogP contribution in [0.1, 0.15) is 40.5 Å². The van der Waals surface area contributed by atoms with Gasteiger partial charge in [-0.15, -0.1) is 0 Å². The van der Waals surface area contributed by atoms with E-state index in [0.717, 1.165) is 30.7 Å². The van der Waals surface area contributed by atoms with Gasteiger partial charge in [-0.05, 0) is 25.7 Å². The molecular weight excluding hydrogens is 186 g/mol. The van der Waals surface area contributed by atoms with Gasteiger partial charge in [0.05, 0.1) is 0 Å². The van der Waals surface area contributed by atoms with Crippen molar-refractivity contribution in [3.05, 3.63) is 17.8 Å². The first-order chi connectivity index (χ1) is 7.01. The molecule has 0 aliphatic carbocycles. The quantitative estimate of drug-likeness (QED) is 0.653. The summed E-state index contributed by atoms with van der Waals surface area (Å²) in [7, 11) is 0. The molecule has 0 heterocycles. The van der Waals surface area contributed by atoms with Crippen LogP contribution in [-0.2, 0) is 4.79 Å². The van der Waals surface area contributed by atoms with Crippen LogP contribution in [0.15, 0.2) is 17.8 Å². The van der Waals surface area contributed by atoms with E-state index in [9.17, 15) is 4.79 Å². The minimum Gasteiger partial charge on any atom is -0.388 e. The number of hydrogen-bond donors (Lipinski definition) is 1. The summed E-state index contributed by atoms with van der Waals surface area (Å²) >= 11 is 0. The molecule has 0 saturated heterocycles. The first-order valence-corrected chi connectivity index (χ1v) is 5.64. The van der Waals surface area contributed by atoms with Crippen LogP contribution in [0.3, 0.4) is 0 Å². The van der Waals surface area contributed by atoms with Crippen molar-refractivity contribution in [2.24, 2.45) is 11.8 Å². The van der Waals surface area contributed by atoms with Crippen LogP contribution in [0.2, 0.25) is 0 Å². The lowest BCUT2D eigenvalue weighted by Crippen LogP contribution is -2.23. The Morgan fingerprint density at radius 1 is 1.47 bits per heavy atom. The van der Waals surface area contributed by atoms with Gasteiger partial charge in [0.1, 0.15) is 5.94 Å². The van der Waals surface area contributed by atoms with Crippen molar-refractivity contribution in [3.63, 3.8) is 0 Å². The van der Waals surface area contributed by atoms with Gasteiger partial charge in [-0.25, -0.2) is 4.79 Å². The van der Waals surface area contributed by atoms with E-state index in [1.807, 2.05) is 12.9 Å². The molecule has 0 amide bonds. The van der Waals surface area contributed by atoms with Crippen LogP contribution in [0.4, 0.5) is 0 Å². The third-order valence-electron chi connectivity index (χ3n) is 2.45. The van der Waals surface area contributed by atoms with Crippen molar-refractivity contribution < 1.29 is 4.79 Å². The number of nitrogens with one attached hydrogen (secondary N) is 1. The molecule has 0 aromatic carbocycles. The first-order valence-electron chi connectivity index (χ1n) is 5.64. The molecule has 0 aromatic heterocycles. The highest BCUT2D eigenvalue weighted by atomic mass is 16.1. The third kappa shape index (κ3) is 6.14.